The van der Waals surface area contributed by atoms with E-state index in [0.717, 1.165) is 22.7 Å². The fourth-order valence-electron chi connectivity index (χ4n) is 3.93. The third-order valence-corrected chi connectivity index (χ3v) is 5.98. The molecular weight excluding hydrogens is 441 g/mol. The molecule has 4 nitrogen and oxygen atoms in total. The molecule has 0 unspecified atom stereocenters. The lowest BCUT2D eigenvalue weighted by atomic mass is 10.0. The molecule has 168 valence electrons. The second kappa shape index (κ2) is 9.36. The topological polar surface area (TPSA) is 42.4 Å². The fraction of sp³-hybridized carbons (Fsp3) is 0.333. The van der Waals surface area contributed by atoms with Gasteiger partial charge >= 0.3 is 6.18 Å². The summed E-state index contributed by atoms with van der Waals surface area (Å²) < 4.78 is 45.2. The second-order valence-electron chi connectivity index (χ2n) is 7.84. The van der Waals surface area contributed by atoms with Gasteiger partial charge in [-0.3, -0.25) is 9.78 Å². The predicted octanol–water partition coefficient (Wildman–Crippen LogP) is 5.91. The van der Waals surface area contributed by atoms with E-state index < -0.39 is 11.7 Å². The first kappa shape index (κ1) is 22.4. The average molecular weight is 463 g/mol. The summed E-state index contributed by atoms with van der Waals surface area (Å²) in [6.07, 6.45) is -1.04. The van der Waals surface area contributed by atoms with Gasteiger partial charge in [0.05, 0.1) is 10.6 Å². The average Bonchev–Trinajstić information content (AvgIpc) is 2.78. The van der Waals surface area contributed by atoms with Crippen molar-refractivity contribution in [3.8, 4) is 5.75 Å². The molecule has 1 fully saturated rings. The van der Waals surface area contributed by atoms with Gasteiger partial charge in [0, 0.05) is 43.9 Å². The molecule has 0 radical (unpaired) electrons. The summed E-state index contributed by atoms with van der Waals surface area (Å²) in [7, 11) is 0. The molecule has 4 rings (SSSR count). The number of rotatable bonds is 5. The molecule has 1 aromatic heterocycles. The maximum atomic E-state index is 13.0. The van der Waals surface area contributed by atoms with Gasteiger partial charge in [0.15, 0.2) is 0 Å². The lowest BCUT2D eigenvalue weighted by Crippen LogP contribution is -2.41. The van der Waals surface area contributed by atoms with Crippen LogP contribution in [0.2, 0.25) is 5.02 Å². The molecular formula is C24H22ClF3N2O2. The summed E-state index contributed by atoms with van der Waals surface area (Å²) in [5.41, 5.74) is 0.386. The van der Waals surface area contributed by atoms with E-state index in [0.29, 0.717) is 31.5 Å². The number of hydrogen-bond donors (Lipinski definition) is 0. The number of halogens is 4. The molecule has 1 aliphatic heterocycles. The Kier molecular flexibility index (Phi) is 6.55. The van der Waals surface area contributed by atoms with Crippen LogP contribution in [0.4, 0.5) is 13.2 Å². The number of fused-ring (bicyclic) bond motifs is 1. The summed E-state index contributed by atoms with van der Waals surface area (Å²) in [6.45, 7) is 1.10. The van der Waals surface area contributed by atoms with Crippen LogP contribution in [0.25, 0.3) is 10.9 Å². The number of benzene rings is 2. The normalized spacial score (nSPS) is 15.2. The van der Waals surface area contributed by atoms with E-state index in [-0.39, 0.29) is 29.9 Å². The molecule has 0 N–H and O–H groups in total. The van der Waals surface area contributed by atoms with Crippen LogP contribution in [-0.2, 0) is 17.4 Å². The monoisotopic (exact) mass is 462 g/mol. The third-order valence-electron chi connectivity index (χ3n) is 5.65. The number of hydrogen-bond acceptors (Lipinski definition) is 3. The van der Waals surface area contributed by atoms with E-state index in [1.807, 2.05) is 30.3 Å². The zero-order chi connectivity index (χ0) is 22.7. The summed E-state index contributed by atoms with van der Waals surface area (Å²) in [5, 5.41) is 0.671. The van der Waals surface area contributed by atoms with Crippen molar-refractivity contribution in [2.75, 3.05) is 13.1 Å². The molecule has 0 spiro atoms. The summed E-state index contributed by atoms with van der Waals surface area (Å²) >= 11 is 5.66. The molecule has 2 aromatic carbocycles. The van der Waals surface area contributed by atoms with Gasteiger partial charge in [-0.05, 0) is 36.2 Å². The smallest absolute Gasteiger partial charge is 0.417 e. The molecule has 2 heterocycles. The van der Waals surface area contributed by atoms with E-state index >= 15 is 0 Å². The summed E-state index contributed by atoms with van der Waals surface area (Å²) in [6, 6.07) is 13.5. The Labute approximate surface area is 189 Å². The minimum Gasteiger partial charge on any atom is -0.488 e. The summed E-state index contributed by atoms with van der Waals surface area (Å²) in [4.78, 5) is 18.7. The maximum Gasteiger partial charge on any atom is 0.417 e. The highest BCUT2D eigenvalue weighted by Crippen LogP contribution is 2.35. The Hall–Kier alpha value is -2.80. The Morgan fingerprint density at radius 3 is 2.62 bits per heavy atom. The van der Waals surface area contributed by atoms with Gasteiger partial charge in [0.25, 0.3) is 0 Å². The fourth-order valence-corrected chi connectivity index (χ4v) is 4.15. The highest BCUT2D eigenvalue weighted by atomic mass is 35.5. The lowest BCUT2D eigenvalue weighted by Gasteiger charge is -2.32. The number of para-hydroxylation sites is 1. The first-order valence-electron chi connectivity index (χ1n) is 10.4. The molecule has 1 aliphatic rings. The number of amides is 1. The van der Waals surface area contributed by atoms with E-state index in [1.165, 1.54) is 12.1 Å². The van der Waals surface area contributed by atoms with Crippen molar-refractivity contribution in [2.45, 2.75) is 38.0 Å². The number of ether oxygens (including phenoxy) is 1. The van der Waals surface area contributed by atoms with E-state index in [2.05, 4.69) is 4.98 Å². The highest BCUT2D eigenvalue weighted by Gasteiger charge is 2.33. The highest BCUT2D eigenvalue weighted by molar-refractivity contribution is 6.31. The SMILES string of the molecule is O=C(CCc1ccc(Cl)c(C(F)(F)F)c1)N1CCC(Oc2cccc3cccnc23)CC1. The van der Waals surface area contributed by atoms with Crippen LogP contribution < -0.4 is 4.74 Å². The third kappa shape index (κ3) is 5.15. The Balaban J connectivity index is 1.30. The van der Waals surface area contributed by atoms with Crippen LogP contribution in [0.1, 0.15) is 30.4 Å². The van der Waals surface area contributed by atoms with Crippen molar-refractivity contribution in [3.05, 3.63) is 70.9 Å². The van der Waals surface area contributed by atoms with Gasteiger partial charge < -0.3 is 9.64 Å². The van der Waals surface area contributed by atoms with Crippen LogP contribution in [0.3, 0.4) is 0 Å². The van der Waals surface area contributed by atoms with Gasteiger partial charge in [0.1, 0.15) is 17.4 Å². The number of aromatic nitrogens is 1. The minimum absolute atomic E-state index is 0.0164. The maximum absolute atomic E-state index is 13.0. The Morgan fingerprint density at radius 2 is 1.88 bits per heavy atom. The van der Waals surface area contributed by atoms with Gasteiger partial charge in [0.2, 0.25) is 5.91 Å². The van der Waals surface area contributed by atoms with Gasteiger partial charge in [-0.1, -0.05) is 35.9 Å². The Bertz CT molecular complexity index is 1110. The molecule has 0 aliphatic carbocycles. The van der Waals surface area contributed by atoms with Crippen LogP contribution in [0.15, 0.2) is 54.7 Å². The zero-order valence-electron chi connectivity index (χ0n) is 17.2. The van der Waals surface area contributed by atoms with E-state index in [1.54, 1.807) is 11.1 Å². The van der Waals surface area contributed by atoms with E-state index in [9.17, 15) is 18.0 Å². The van der Waals surface area contributed by atoms with Gasteiger partial charge in [-0.2, -0.15) is 13.2 Å². The van der Waals surface area contributed by atoms with Gasteiger partial charge in [-0.25, -0.2) is 0 Å². The van der Waals surface area contributed by atoms with Crippen LogP contribution >= 0.6 is 11.6 Å². The molecule has 3 aromatic rings. The minimum atomic E-state index is -4.52. The van der Waals surface area contributed by atoms with Crippen LogP contribution in [-0.4, -0.2) is 35.0 Å². The standard InChI is InChI=1S/C24H22ClF3N2O2/c25-20-8-6-16(15-19(20)24(26,27)28)7-9-22(31)30-13-10-18(11-14-30)32-21-5-1-3-17-4-2-12-29-23(17)21/h1-6,8,12,15,18H,7,9-11,13-14H2. The molecule has 1 saturated heterocycles. The summed E-state index contributed by atoms with van der Waals surface area (Å²) in [5.74, 6) is 0.662. The number of nitrogens with zero attached hydrogens (tertiary/aromatic N) is 2. The molecule has 8 heteroatoms. The first-order chi connectivity index (χ1) is 15.3. The molecule has 1 amide bonds. The Morgan fingerprint density at radius 1 is 1.12 bits per heavy atom. The molecule has 0 saturated carbocycles. The van der Waals surface area contributed by atoms with Crippen molar-refractivity contribution in [1.82, 2.24) is 9.88 Å². The van der Waals surface area contributed by atoms with Crippen molar-refractivity contribution < 1.29 is 22.7 Å². The largest absolute Gasteiger partial charge is 0.488 e. The lowest BCUT2D eigenvalue weighted by molar-refractivity contribution is -0.137. The number of aryl methyl sites for hydroxylation is 1. The molecule has 32 heavy (non-hydrogen) atoms. The molecule has 0 bridgehead atoms. The first-order valence-corrected chi connectivity index (χ1v) is 10.8. The second-order valence-corrected chi connectivity index (χ2v) is 8.25. The van der Waals surface area contributed by atoms with Crippen molar-refractivity contribution in [1.29, 1.82) is 0 Å². The van der Waals surface area contributed by atoms with Crippen molar-refractivity contribution in [2.24, 2.45) is 0 Å². The number of piperidine rings is 1. The number of alkyl halides is 3. The number of likely N-dealkylation sites (tertiary alicyclic amines) is 1. The van der Waals surface area contributed by atoms with Gasteiger partial charge in [-0.15, -0.1) is 0 Å². The quantitative estimate of drug-likeness (QED) is 0.473. The zero-order valence-corrected chi connectivity index (χ0v) is 18.0. The van der Waals surface area contributed by atoms with Crippen molar-refractivity contribution >= 4 is 28.4 Å². The van der Waals surface area contributed by atoms with Crippen molar-refractivity contribution in [3.63, 3.8) is 0 Å². The molecule has 0 atom stereocenters. The van der Waals surface area contributed by atoms with Crippen LogP contribution in [0, 0.1) is 0 Å². The number of pyridine rings is 1. The van der Waals surface area contributed by atoms with Crippen LogP contribution in [0.5, 0.6) is 5.75 Å². The van der Waals surface area contributed by atoms with E-state index in [4.69, 9.17) is 16.3 Å². The predicted molar refractivity (Wildman–Crippen MR) is 117 cm³/mol. The number of carbonyl (C=O) groups excluding carboxylic acids is 1. The number of carbonyl (C=O) groups is 1.